The highest BCUT2D eigenvalue weighted by Crippen LogP contribution is 2.26. The van der Waals surface area contributed by atoms with Crippen molar-refractivity contribution >= 4 is 17.4 Å². The Morgan fingerprint density at radius 2 is 2.29 bits per heavy atom. The molecular weight excluding hydrogens is 236 g/mol. The number of Topliss-reactive ketones (excluding diaryl/α,β-unsaturated/α-hetero) is 1. The highest BCUT2D eigenvalue weighted by molar-refractivity contribution is 6.30. The second-order valence-electron chi connectivity index (χ2n) is 4.60. The fourth-order valence-corrected chi connectivity index (χ4v) is 2.40. The number of halogens is 1. The van der Waals surface area contributed by atoms with E-state index in [1.165, 1.54) is 0 Å². The number of carbonyl (C=O) groups is 1. The molecule has 1 atom stereocenters. The van der Waals surface area contributed by atoms with Gasteiger partial charge in [-0.25, -0.2) is 0 Å². The van der Waals surface area contributed by atoms with Gasteiger partial charge in [0.1, 0.15) is 11.5 Å². The van der Waals surface area contributed by atoms with Gasteiger partial charge >= 0.3 is 0 Å². The second-order valence-corrected chi connectivity index (χ2v) is 5.04. The summed E-state index contributed by atoms with van der Waals surface area (Å²) in [4.78, 5) is 11.5. The van der Waals surface area contributed by atoms with Gasteiger partial charge in [-0.2, -0.15) is 0 Å². The molecule has 1 aromatic carbocycles. The molecule has 17 heavy (non-hydrogen) atoms. The van der Waals surface area contributed by atoms with E-state index in [4.69, 9.17) is 16.3 Å². The summed E-state index contributed by atoms with van der Waals surface area (Å²) in [7, 11) is 0. The minimum Gasteiger partial charge on any atom is -0.493 e. The molecule has 1 saturated carbocycles. The standard InChI is InChI=1S/C14H17ClO2/c1-10-5-6-12(15)9-14(10)17-8-7-11-3-2-4-13(11)16/h5-6,9,11H,2-4,7-8H2,1H3. The Labute approximate surface area is 107 Å². The summed E-state index contributed by atoms with van der Waals surface area (Å²) in [6.45, 7) is 2.59. The van der Waals surface area contributed by atoms with Gasteiger partial charge in [0, 0.05) is 17.4 Å². The van der Waals surface area contributed by atoms with Gasteiger partial charge in [-0.3, -0.25) is 4.79 Å². The molecule has 0 saturated heterocycles. The van der Waals surface area contributed by atoms with E-state index in [2.05, 4.69) is 0 Å². The molecule has 1 aliphatic carbocycles. The topological polar surface area (TPSA) is 26.3 Å². The number of hydrogen-bond donors (Lipinski definition) is 0. The van der Waals surface area contributed by atoms with E-state index >= 15 is 0 Å². The number of carbonyl (C=O) groups excluding carboxylic acids is 1. The predicted octanol–water partition coefficient (Wildman–Crippen LogP) is 3.79. The van der Waals surface area contributed by atoms with Crippen molar-refractivity contribution in [2.24, 2.45) is 5.92 Å². The van der Waals surface area contributed by atoms with Gasteiger partial charge in [0.05, 0.1) is 6.61 Å². The summed E-state index contributed by atoms with van der Waals surface area (Å²) < 4.78 is 5.69. The molecule has 0 spiro atoms. The molecule has 1 unspecified atom stereocenters. The molecule has 2 nitrogen and oxygen atoms in total. The van der Waals surface area contributed by atoms with Gasteiger partial charge in [-0.15, -0.1) is 0 Å². The molecule has 2 rings (SSSR count). The van der Waals surface area contributed by atoms with E-state index in [1.54, 1.807) is 0 Å². The van der Waals surface area contributed by atoms with E-state index in [-0.39, 0.29) is 5.92 Å². The molecule has 0 radical (unpaired) electrons. The normalized spacial score (nSPS) is 19.6. The lowest BCUT2D eigenvalue weighted by Crippen LogP contribution is -2.11. The van der Waals surface area contributed by atoms with E-state index < -0.39 is 0 Å². The molecule has 1 aromatic rings. The van der Waals surface area contributed by atoms with Crippen molar-refractivity contribution in [2.45, 2.75) is 32.6 Å². The van der Waals surface area contributed by atoms with Gasteiger partial charge in [0.25, 0.3) is 0 Å². The van der Waals surface area contributed by atoms with E-state index in [0.717, 1.165) is 37.0 Å². The second kappa shape index (κ2) is 5.54. The van der Waals surface area contributed by atoms with Crippen molar-refractivity contribution in [2.75, 3.05) is 6.61 Å². The zero-order valence-corrected chi connectivity index (χ0v) is 10.8. The van der Waals surface area contributed by atoms with E-state index in [9.17, 15) is 4.79 Å². The Balaban J connectivity index is 1.85. The van der Waals surface area contributed by atoms with E-state index in [0.29, 0.717) is 17.4 Å². The lowest BCUT2D eigenvalue weighted by Gasteiger charge is -2.11. The lowest BCUT2D eigenvalue weighted by atomic mass is 10.0. The third kappa shape index (κ3) is 3.22. The highest BCUT2D eigenvalue weighted by Gasteiger charge is 2.23. The maximum absolute atomic E-state index is 11.5. The number of ether oxygens (including phenoxy) is 1. The predicted molar refractivity (Wildman–Crippen MR) is 68.6 cm³/mol. The maximum Gasteiger partial charge on any atom is 0.136 e. The van der Waals surface area contributed by atoms with Crippen molar-refractivity contribution in [3.8, 4) is 5.75 Å². The molecule has 0 heterocycles. The molecule has 0 bridgehead atoms. The van der Waals surface area contributed by atoms with Crippen molar-refractivity contribution in [1.29, 1.82) is 0 Å². The van der Waals surface area contributed by atoms with Crippen LogP contribution in [0.4, 0.5) is 0 Å². The Kier molecular flexibility index (Phi) is 4.06. The number of ketones is 1. The van der Waals surface area contributed by atoms with Gasteiger partial charge in [0.2, 0.25) is 0 Å². The minimum absolute atomic E-state index is 0.217. The fraction of sp³-hybridized carbons (Fsp3) is 0.500. The molecule has 1 fully saturated rings. The Morgan fingerprint density at radius 3 is 3.00 bits per heavy atom. The first kappa shape index (κ1) is 12.4. The minimum atomic E-state index is 0.217. The van der Waals surface area contributed by atoms with Crippen LogP contribution in [-0.4, -0.2) is 12.4 Å². The van der Waals surface area contributed by atoms with Crippen LogP contribution in [0.5, 0.6) is 5.75 Å². The third-order valence-electron chi connectivity index (χ3n) is 3.31. The van der Waals surface area contributed by atoms with Crippen LogP contribution in [0, 0.1) is 12.8 Å². The number of hydrogen-bond acceptors (Lipinski definition) is 2. The lowest BCUT2D eigenvalue weighted by molar-refractivity contribution is -0.121. The fourth-order valence-electron chi connectivity index (χ4n) is 2.23. The summed E-state index contributed by atoms with van der Waals surface area (Å²) in [5, 5.41) is 0.683. The molecule has 0 aliphatic heterocycles. The van der Waals surface area contributed by atoms with Gasteiger partial charge < -0.3 is 4.74 Å². The summed E-state index contributed by atoms with van der Waals surface area (Å²) in [5.41, 5.74) is 1.08. The Bertz CT molecular complexity index is 415. The van der Waals surface area contributed by atoms with Crippen LogP contribution < -0.4 is 4.74 Å². The number of aryl methyl sites for hydroxylation is 1. The summed E-state index contributed by atoms with van der Waals surface area (Å²) in [6.07, 6.45) is 3.64. The Morgan fingerprint density at radius 1 is 1.47 bits per heavy atom. The summed E-state index contributed by atoms with van der Waals surface area (Å²) in [5.74, 6) is 1.44. The monoisotopic (exact) mass is 252 g/mol. The van der Waals surface area contributed by atoms with Gasteiger partial charge in [-0.05, 0) is 43.9 Å². The highest BCUT2D eigenvalue weighted by atomic mass is 35.5. The molecule has 0 aromatic heterocycles. The van der Waals surface area contributed by atoms with Crippen molar-refractivity contribution in [1.82, 2.24) is 0 Å². The largest absolute Gasteiger partial charge is 0.493 e. The average molecular weight is 253 g/mol. The van der Waals surface area contributed by atoms with Crippen LogP contribution in [0.2, 0.25) is 5.02 Å². The zero-order chi connectivity index (χ0) is 12.3. The van der Waals surface area contributed by atoms with Crippen molar-refractivity contribution in [3.05, 3.63) is 28.8 Å². The molecule has 92 valence electrons. The quantitative estimate of drug-likeness (QED) is 0.815. The van der Waals surface area contributed by atoms with Crippen LogP contribution in [0.15, 0.2) is 18.2 Å². The van der Waals surface area contributed by atoms with Crippen LogP contribution in [-0.2, 0) is 4.79 Å². The van der Waals surface area contributed by atoms with E-state index in [1.807, 2.05) is 25.1 Å². The zero-order valence-electron chi connectivity index (χ0n) is 10.0. The van der Waals surface area contributed by atoms with Crippen molar-refractivity contribution in [3.63, 3.8) is 0 Å². The summed E-state index contributed by atoms with van der Waals surface area (Å²) in [6, 6.07) is 5.62. The SMILES string of the molecule is Cc1ccc(Cl)cc1OCCC1CCCC1=O. The number of benzene rings is 1. The van der Waals surface area contributed by atoms with Crippen molar-refractivity contribution < 1.29 is 9.53 Å². The van der Waals surface area contributed by atoms with Gasteiger partial charge in [-0.1, -0.05) is 17.7 Å². The van der Waals surface area contributed by atoms with Crippen LogP contribution in [0.1, 0.15) is 31.2 Å². The molecule has 0 amide bonds. The first-order valence-corrected chi connectivity index (χ1v) is 6.46. The summed E-state index contributed by atoms with van der Waals surface area (Å²) >= 11 is 5.91. The van der Waals surface area contributed by atoms with Gasteiger partial charge in [0.15, 0.2) is 0 Å². The molecule has 3 heteroatoms. The maximum atomic E-state index is 11.5. The molecular formula is C14H17ClO2. The van der Waals surface area contributed by atoms with Crippen LogP contribution in [0.25, 0.3) is 0 Å². The molecule has 1 aliphatic rings. The van der Waals surface area contributed by atoms with Crippen LogP contribution in [0.3, 0.4) is 0 Å². The van der Waals surface area contributed by atoms with Crippen LogP contribution >= 0.6 is 11.6 Å². The third-order valence-corrected chi connectivity index (χ3v) is 3.54. The first-order chi connectivity index (χ1) is 8.16. The average Bonchev–Trinajstić information content (AvgIpc) is 2.70. The smallest absolute Gasteiger partial charge is 0.136 e. The molecule has 0 N–H and O–H groups in total. The first-order valence-electron chi connectivity index (χ1n) is 6.08. The number of rotatable bonds is 4. The Hall–Kier alpha value is -1.02.